The molecule has 0 saturated carbocycles. The number of anilines is 2. The van der Waals surface area contributed by atoms with Crippen molar-refractivity contribution in [3.63, 3.8) is 0 Å². The molecule has 0 aliphatic heterocycles. The van der Waals surface area contributed by atoms with Crippen LogP contribution >= 0.6 is 0 Å². The minimum atomic E-state index is -3.24. The van der Waals surface area contributed by atoms with Gasteiger partial charge in [0.05, 0.1) is 17.6 Å². The predicted molar refractivity (Wildman–Crippen MR) is 71.7 cm³/mol. The van der Waals surface area contributed by atoms with Gasteiger partial charge < -0.3 is 5.73 Å². The maximum atomic E-state index is 11.4. The molecule has 2 rings (SSSR count). The van der Waals surface area contributed by atoms with Gasteiger partial charge in [0.2, 0.25) is 10.0 Å². The van der Waals surface area contributed by atoms with Gasteiger partial charge in [-0.3, -0.25) is 9.40 Å². The van der Waals surface area contributed by atoms with Gasteiger partial charge >= 0.3 is 0 Å². The van der Waals surface area contributed by atoms with E-state index in [4.69, 9.17) is 5.73 Å². The number of nitrogen functional groups attached to an aromatic ring is 1. The molecule has 0 amide bonds. The fourth-order valence-electron chi connectivity index (χ4n) is 1.53. The first-order chi connectivity index (χ1) is 8.38. The molecule has 3 N–H and O–H groups in total. The zero-order valence-corrected chi connectivity index (χ0v) is 10.9. The normalized spacial score (nSPS) is 11.4. The molecule has 0 radical (unpaired) electrons. The largest absolute Gasteiger partial charge is 0.382 e. The molecule has 6 nitrogen and oxygen atoms in total. The van der Waals surface area contributed by atoms with E-state index >= 15 is 0 Å². The molecule has 0 atom stereocenters. The maximum Gasteiger partial charge on any atom is 0.231 e. The second-order valence-corrected chi connectivity index (χ2v) is 6.00. The number of hydrogen-bond donors (Lipinski definition) is 2. The molecule has 0 bridgehead atoms. The summed E-state index contributed by atoms with van der Waals surface area (Å²) in [5, 5.41) is 6.63. The molecule has 0 saturated heterocycles. The summed E-state index contributed by atoms with van der Waals surface area (Å²) in [6.07, 6.45) is 1.16. The Kier molecular flexibility index (Phi) is 3.00. The minimum absolute atomic E-state index is 0.419. The Labute approximate surface area is 105 Å². The van der Waals surface area contributed by atoms with Gasteiger partial charge in [-0.25, -0.2) is 8.42 Å². The van der Waals surface area contributed by atoms with E-state index < -0.39 is 10.0 Å². The fourth-order valence-corrected chi connectivity index (χ4v) is 2.03. The minimum Gasteiger partial charge on any atom is -0.382 e. The van der Waals surface area contributed by atoms with Crippen molar-refractivity contribution in [2.45, 2.75) is 0 Å². The van der Waals surface area contributed by atoms with Crippen molar-refractivity contribution in [1.29, 1.82) is 0 Å². The van der Waals surface area contributed by atoms with E-state index in [9.17, 15) is 8.42 Å². The lowest BCUT2D eigenvalue weighted by Crippen LogP contribution is -2.24. The first kappa shape index (κ1) is 12.4. The van der Waals surface area contributed by atoms with Crippen LogP contribution in [0.5, 0.6) is 0 Å². The summed E-state index contributed by atoms with van der Waals surface area (Å²) in [5.41, 5.74) is 7.81. The van der Waals surface area contributed by atoms with E-state index in [1.807, 2.05) is 12.1 Å². The van der Waals surface area contributed by atoms with Crippen LogP contribution in [0.25, 0.3) is 11.3 Å². The number of hydrogen-bond acceptors (Lipinski definition) is 4. The van der Waals surface area contributed by atoms with Crippen molar-refractivity contribution >= 4 is 21.5 Å². The number of benzene rings is 1. The molecule has 18 heavy (non-hydrogen) atoms. The summed E-state index contributed by atoms with van der Waals surface area (Å²) in [4.78, 5) is 0. The molecule has 0 fully saturated rings. The van der Waals surface area contributed by atoms with Crippen molar-refractivity contribution in [3.05, 3.63) is 30.3 Å². The number of sulfonamides is 1. The van der Waals surface area contributed by atoms with Crippen molar-refractivity contribution < 1.29 is 8.42 Å². The Morgan fingerprint density at radius 3 is 2.33 bits per heavy atom. The predicted octanol–water partition coefficient (Wildman–Crippen LogP) is 1.05. The van der Waals surface area contributed by atoms with Gasteiger partial charge in [-0.1, -0.05) is 12.1 Å². The summed E-state index contributed by atoms with van der Waals surface area (Å²) in [6, 6.07) is 8.80. The van der Waals surface area contributed by atoms with Crippen LogP contribution in [-0.2, 0) is 10.0 Å². The van der Waals surface area contributed by atoms with E-state index in [1.54, 1.807) is 18.2 Å². The highest BCUT2D eigenvalue weighted by Gasteiger charge is 2.11. The Morgan fingerprint density at radius 2 is 1.89 bits per heavy atom. The number of nitrogens with zero attached hydrogens (tertiary/aromatic N) is 2. The third-order valence-corrected chi connectivity index (χ3v) is 3.84. The van der Waals surface area contributed by atoms with Crippen LogP contribution in [0.1, 0.15) is 0 Å². The van der Waals surface area contributed by atoms with E-state index in [2.05, 4.69) is 10.2 Å². The van der Waals surface area contributed by atoms with Gasteiger partial charge in [0, 0.05) is 13.1 Å². The topological polar surface area (TPSA) is 92.1 Å². The quantitative estimate of drug-likeness (QED) is 0.868. The third kappa shape index (κ3) is 2.45. The van der Waals surface area contributed by atoms with E-state index in [-0.39, 0.29) is 0 Å². The standard InChI is InChI=1S/C11H14N4O2S/c1-15(18(2,16)17)9-5-3-8(4-6-9)10-7-11(12)14-13-10/h3-7H,1-2H3,(H3,12,13,14). The number of H-pyrrole nitrogens is 1. The number of aromatic nitrogens is 2. The van der Waals surface area contributed by atoms with Crippen molar-refractivity contribution in [2.75, 3.05) is 23.3 Å². The molecule has 0 aliphatic rings. The van der Waals surface area contributed by atoms with Crippen LogP contribution in [-0.4, -0.2) is 31.9 Å². The lowest BCUT2D eigenvalue weighted by molar-refractivity contribution is 0.600. The van der Waals surface area contributed by atoms with Gasteiger partial charge in [-0.2, -0.15) is 5.10 Å². The molecule has 1 heterocycles. The number of rotatable bonds is 3. The molecule has 2 aromatic rings. The van der Waals surface area contributed by atoms with Gasteiger partial charge in [0.25, 0.3) is 0 Å². The zero-order valence-electron chi connectivity index (χ0n) is 10.1. The maximum absolute atomic E-state index is 11.4. The fraction of sp³-hybridized carbons (Fsp3) is 0.182. The summed E-state index contributed by atoms with van der Waals surface area (Å²) in [7, 11) is -1.72. The highest BCUT2D eigenvalue weighted by Crippen LogP contribution is 2.23. The summed E-state index contributed by atoms with van der Waals surface area (Å²) in [5.74, 6) is 0.419. The monoisotopic (exact) mass is 266 g/mol. The first-order valence-corrected chi connectivity index (χ1v) is 7.08. The molecule has 0 spiro atoms. The average molecular weight is 266 g/mol. The van der Waals surface area contributed by atoms with Crippen LogP contribution in [0.4, 0.5) is 11.5 Å². The number of nitrogens with one attached hydrogen (secondary N) is 1. The smallest absolute Gasteiger partial charge is 0.231 e. The van der Waals surface area contributed by atoms with Crippen LogP contribution in [0, 0.1) is 0 Å². The van der Waals surface area contributed by atoms with Gasteiger partial charge in [-0.15, -0.1) is 0 Å². The molecular weight excluding hydrogens is 252 g/mol. The van der Waals surface area contributed by atoms with Gasteiger partial charge in [0.15, 0.2) is 0 Å². The number of nitrogens with two attached hydrogens (primary N) is 1. The third-order valence-electron chi connectivity index (χ3n) is 2.64. The summed E-state index contributed by atoms with van der Waals surface area (Å²) in [6.45, 7) is 0. The van der Waals surface area contributed by atoms with Gasteiger partial charge in [-0.05, 0) is 17.7 Å². The van der Waals surface area contributed by atoms with E-state index in [0.29, 0.717) is 11.5 Å². The average Bonchev–Trinajstić information content (AvgIpc) is 2.74. The molecular formula is C11H14N4O2S. The van der Waals surface area contributed by atoms with Crippen molar-refractivity contribution in [1.82, 2.24) is 10.2 Å². The molecule has 0 aliphatic carbocycles. The van der Waals surface area contributed by atoms with Crippen molar-refractivity contribution in [2.24, 2.45) is 0 Å². The Hall–Kier alpha value is -2.02. The summed E-state index contributed by atoms with van der Waals surface area (Å²) < 4.78 is 24.0. The molecule has 0 unspecified atom stereocenters. The van der Waals surface area contributed by atoms with E-state index in [1.165, 1.54) is 11.4 Å². The molecule has 1 aromatic carbocycles. The van der Waals surface area contributed by atoms with Crippen LogP contribution in [0.3, 0.4) is 0 Å². The van der Waals surface area contributed by atoms with Crippen LogP contribution in [0.15, 0.2) is 30.3 Å². The highest BCUT2D eigenvalue weighted by molar-refractivity contribution is 7.92. The Balaban J connectivity index is 2.31. The van der Waals surface area contributed by atoms with E-state index in [0.717, 1.165) is 17.5 Å². The second kappa shape index (κ2) is 4.34. The second-order valence-electron chi connectivity index (χ2n) is 3.98. The molecule has 7 heteroatoms. The first-order valence-electron chi connectivity index (χ1n) is 5.23. The SMILES string of the molecule is CN(c1ccc(-c2cc(N)n[nH]2)cc1)S(C)(=O)=O. The molecule has 96 valence electrons. The van der Waals surface area contributed by atoms with Crippen LogP contribution in [0.2, 0.25) is 0 Å². The molecule has 1 aromatic heterocycles. The Bertz CT molecular complexity index is 646. The Morgan fingerprint density at radius 1 is 1.28 bits per heavy atom. The van der Waals surface area contributed by atoms with Crippen molar-refractivity contribution in [3.8, 4) is 11.3 Å². The number of aromatic amines is 1. The zero-order chi connectivity index (χ0) is 13.3. The summed E-state index contributed by atoms with van der Waals surface area (Å²) >= 11 is 0. The van der Waals surface area contributed by atoms with Gasteiger partial charge in [0.1, 0.15) is 5.82 Å². The lowest BCUT2D eigenvalue weighted by Gasteiger charge is -2.16. The highest BCUT2D eigenvalue weighted by atomic mass is 32.2. The lowest BCUT2D eigenvalue weighted by atomic mass is 10.1. The van der Waals surface area contributed by atoms with Crippen LogP contribution < -0.4 is 10.0 Å².